The minimum Gasteiger partial charge on any atom is -0.756 e. The molecule has 0 aromatic heterocycles. The lowest BCUT2D eigenvalue weighted by molar-refractivity contribution is -0.870. The highest BCUT2D eigenvalue weighted by atomic mass is 31.2. The smallest absolute Gasteiger partial charge is 0.268 e. The van der Waals surface area contributed by atoms with Crippen molar-refractivity contribution in [1.82, 2.24) is 5.32 Å². The third-order valence-electron chi connectivity index (χ3n) is 19.1. The summed E-state index contributed by atoms with van der Waals surface area (Å²) >= 11 is 0. The molecule has 8 nitrogen and oxygen atoms in total. The van der Waals surface area contributed by atoms with E-state index in [1.807, 2.05) is 27.2 Å². The molecule has 2 N–H and O–H groups in total. The lowest BCUT2D eigenvalue weighted by Gasteiger charge is -2.29. The van der Waals surface area contributed by atoms with E-state index in [-0.39, 0.29) is 19.1 Å². The second-order valence-corrected chi connectivity index (χ2v) is 30.9. The van der Waals surface area contributed by atoms with Crippen LogP contribution in [0, 0.1) is 0 Å². The molecule has 0 aliphatic carbocycles. The number of phosphoric acid groups is 1. The monoisotopic (exact) mass is 1300 g/mol. The van der Waals surface area contributed by atoms with Gasteiger partial charge < -0.3 is 28.8 Å². The van der Waals surface area contributed by atoms with Crippen LogP contribution in [0.3, 0.4) is 0 Å². The van der Waals surface area contributed by atoms with Crippen molar-refractivity contribution in [3.8, 4) is 0 Å². The van der Waals surface area contributed by atoms with Gasteiger partial charge in [0.1, 0.15) is 13.2 Å². The number of rotatable bonds is 77. The molecular formula is C82H161N2O6P. The van der Waals surface area contributed by atoms with E-state index in [2.05, 4.69) is 43.5 Å². The van der Waals surface area contributed by atoms with Gasteiger partial charge in [-0.25, -0.2) is 0 Å². The number of amides is 1. The Balaban J connectivity index is 3.95. The number of aliphatic hydroxyl groups excluding tert-OH is 1. The van der Waals surface area contributed by atoms with Crippen molar-refractivity contribution >= 4 is 13.7 Å². The normalized spacial score (nSPS) is 13.6. The number of hydrogen-bond acceptors (Lipinski definition) is 6. The molecule has 0 saturated heterocycles. The minimum absolute atomic E-state index is 0.00398. The molecule has 0 spiro atoms. The number of quaternary nitrogens is 1. The van der Waals surface area contributed by atoms with E-state index in [4.69, 9.17) is 9.05 Å². The fourth-order valence-corrected chi connectivity index (χ4v) is 13.5. The highest BCUT2D eigenvalue weighted by Gasteiger charge is 2.23. The molecule has 0 saturated carbocycles. The van der Waals surface area contributed by atoms with Crippen LogP contribution in [0.4, 0.5) is 0 Å². The van der Waals surface area contributed by atoms with E-state index in [1.165, 1.54) is 372 Å². The van der Waals surface area contributed by atoms with Crippen LogP contribution < -0.4 is 10.2 Å². The number of nitrogens with one attached hydrogen (secondary N) is 1. The summed E-state index contributed by atoms with van der Waals surface area (Å²) in [5.41, 5.74) is 0. The molecule has 0 bridgehead atoms. The summed E-state index contributed by atoms with van der Waals surface area (Å²) in [6, 6.07) is -0.904. The Labute approximate surface area is 569 Å². The fourth-order valence-electron chi connectivity index (χ4n) is 12.8. The number of phosphoric ester groups is 1. The molecule has 1 amide bonds. The van der Waals surface area contributed by atoms with Crippen molar-refractivity contribution in [2.24, 2.45) is 0 Å². The molecule has 0 heterocycles. The highest BCUT2D eigenvalue weighted by molar-refractivity contribution is 7.45. The Morgan fingerprint density at radius 3 is 0.890 bits per heavy atom. The average Bonchev–Trinajstić information content (AvgIpc) is 3.42. The maximum atomic E-state index is 13.1. The second kappa shape index (κ2) is 73.0. The van der Waals surface area contributed by atoms with Crippen LogP contribution >= 0.6 is 7.82 Å². The maximum Gasteiger partial charge on any atom is 0.268 e. The van der Waals surface area contributed by atoms with E-state index in [0.29, 0.717) is 17.4 Å². The van der Waals surface area contributed by atoms with Crippen LogP contribution in [0.15, 0.2) is 36.5 Å². The summed E-state index contributed by atoms with van der Waals surface area (Å²) in [7, 11) is 1.27. The molecule has 0 aromatic rings. The summed E-state index contributed by atoms with van der Waals surface area (Å²) < 4.78 is 23.5. The molecule has 9 heteroatoms. The zero-order valence-corrected chi connectivity index (χ0v) is 63.0. The molecule has 0 aromatic carbocycles. The first-order chi connectivity index (χ1) is 44.5. The van der Waals surface area contributed by atoms with Crippen molar-refractivity contribution in [1.29, 1.82) is 0 Å². The Morgan fingerprint density at radius 2 is 0.615 bits per heavy atom. The van der Waals surface area contributed by atoms with Gasteiger partial charge in [0.2, 0.25) is 5.91 Å². The number of aliphatic hydroxyl groups is 1. The van der Waals surface area contributed by atoms with Crippen LogP contribution in [0.5, 0.6) is 0 Å². The number of allylic oxidation sites excluding steroid dienone is 5. The minimum atomic E-state index is -4.61. The molecule has 3 atom stereocenters. The summed E-state index contributed by atoms with van der Waals surface area (Å²) in [6.07, 6.45) is 99.1. The van der Waals surface area contributed by atoms with Crippen molar-refractivity contribution in [3.05, 3.63) is 36.5 Å². The molecule has 540 valence electrons. The summed E-state index contributed by atoms with van der Waals surface area (Å²) in [5, 5.41) is 14.0. The van der Waals surface area contributed by atoms with Gasteiger partial charge in [0.25, 0.3) is 7.82 Å². The maximum absolute atomic E-state index is 13.1. The molecule has 0 aliphatic rings. The Kier molecular flexibility index (Phi) is 72.0. The summed E-state index contributed by atoms with van der Waals surface area (Å²) in [5.74, 6) is -0.197. The summed E-state index contributed by atoms with van der Waals surface area (Å²) in [4.78, 5) is 25.7. The van der Waals surface area contributed by atoms with Gasteiger partial charge in [0, 0.05) is 6.42 Å². The SMILES string of the molecule is CCCCCCCCCC/C=C\CCCCCCCCCCCCCCCCCCCCCCCCCCCC(=O)NC(COP(=O)([O-])OCC[N+](C)(C)C)C(O)/C=C/CC/C=C/CCCCCCCCCCCCCCCCCCCCCCCCCCCC. The zero-order chi connectivity index (χ0) is 66.2. The van der Waals surface area contributed by atoms with Gasteiger partial charge in [-0.05, 0) is 57.8 Å². The quantitative estimate of drug-likeness (QED) is 0.0272. The number of likely N-dealkylation sites (N-methyl/N-ethyl adjacent to an activating group) is 1. The molecule has 0 radical (unpaired) electrons. The third kappa shape index (κ3) is 76.0. The van der Waals surface area contributed by atoms with Gasteiger partial charge in [-0.15, -0.1) is 0 Å². The lowest BCUT2D eigenvalue weighted by atomic mass is 10.0. The van der Waals surface area contributed by atoms with Gasteiger partial charge in [0.15, 0.2) is 0 Å². The van der Waals surface area contributed by atoms with Crippen molar-refractivity contribution in [2.75, 3.05) is 40.9 Å². The summed E-state index contributed by atoms with van der Waals surface area (Å²) in [6.45, 7) is 4.70. The predicted octanol–water partition coefficient (Wildman–Crippen LogP) is 26.1. The lowest BCUT2D eigenvalue weighted by Crippen LogP contribution is -2.45. The van der Waals surface area contributed by atoms with Crippen LogP contribution in [-0.2, 0) is 18.4 Å². The largest absolute Gasteiger partial charge is 0.756 e. The average molecular weight is 1300 g/mol. The standard InChI is InChI=1S/C82H161N2O6P/c1-6-8-10-12-14-16-18-20-22-24-26-28-30-32-34-36-38-40-41-42-43-44-46-48-50-52-54-56-58-60-62-64-66-68-70-72-74-76-82(86)83-80(79-90-91(87,88)89-78-77-84(3,4)5)81(85)75-73-71-69-67-65-63-61-59-57-55-53-51-49-47-45-39-37-35-33-31-29-27-25-23-21-19-17-15-13-11-9-7-2/h24,26,65,67,73,75,80-81,85H,6-23,25,27-64,66,68-72,74,76-79H2,1-5H3,(H-,83,86,87,88)/b26-24-,67-65+,75-73+. The second-order valence-electron chi connectivity index (χ2n) is 29.5. The molecule has 3 unspecified atom stereocenters. The fraction of sp³-hybridized carbons (Fsp3) is 0.915. The molecular weight excluding hydrogens is 1140 g/mol. The third-order valence-corrected chi connectivity index (χ3v) is 20.0. The predicted molar refractivity (Wildman–Crippen MR) is 399 cm³/mol. The molecule has 0 aliphatic heterocycles. The first-order valence-corrected chi connectivity index (χ1v) is 42.3. The van der Waals surface area contributed by atoms with Gasteiger partial charge in [-0.2, -0.15) is 0 Å². The van der Waals surface area contributed by atoms with Gasteiger partial charge in [0.05, 0.1) is 39.9 Å². The van der Waals surface area contributed by atoms with Crippen LogP contribution in [-0.4, -0.2) is 68.5 Å². The topological polar surface area (TPSA) is 108 Å². The van der Waals surface area contributed by atoms with E-state index >= 15 is 0 Å². The highest BCUT2D eigenvalue weighted by Crippen LogP contribution is 2.38. The Bertz CT molecular complexity index is 1580. The number of nitrogens with zero attached hydrogens (tertiary/aromatic N) is 1. The van der Waals surface area contributed by atoms with Crippen molar-refractivity contribution in [3.63, 3.8) is 0 Å². The van der Waals surface area contributed by atoms with E-state index < -0.39 is 20.0 Å². The number of carbonyl (C=O) groups is 1. The first-order valence-electron chi connectivity index (χ1n) is 40.9. The first kappa shape index (κ1) is 89.7. The van der Waals surface area contributed by atoms with Crippen molar-refractivity contribution in [2.45, 2.75) is 443 Å². The van der Waals surface area contributed by atoms with Crippen LogP contribution in [0.2, 0.25) is 0 Å². The zero-order valence-electron chi connectivity index (χ0n) is 62.1. The van der Waals surface area contributed by atoms with Gasteiger partial charge in [-0.3, -0.25) is 9.36 Å². The van der Waals surface area contributed by atoms with E-state index in [9.17, 15) is 19.4 Å². The van der Waals surface area contributed by atoms with Crippen molar-refractivity contribution < 1.29 is 32.9 Å². The number of hydrogen-bond donors (Lipinski definition) is 2. The molecule has 0 fully saturated rings. The Morgan fingerprint density at radius 1 is 0.374 bits per heavy atom. The van der Waals surface area contributed by atoms with Crippen LogP contribution in [0.1, 0.15) is 431 Å². The van der Waals surface area contributed by atoms with Crippen LogP contribution in [0.25, 0.3) is 0 Å². The molecule has 0 rings (SSSR count). The number of unbranched alkanes of at least 4 members (excludes halogenated alkanes) is 60. The van der Waals surface area contributed by atoms with E-state index in [0.717, 1.165) is 38.5 Å². The van der Waals surface area contributed by atoms with E-state index in [1.54, 1.807) is 6.08 Å². The number of carbonyl (C=O) groups excluding carboxylic acids is 1. The molecule has 91 heavy (non-hydrogen) atoms. The van der Waals surface area contributed by atoms with Gasteiger partial charge >= 0.3 is 0 Å². The Hall–Kier alpha value is -1.28. The van der Waals surface area contributed by atoms with Gasteiger partial charge in [-0.1, -0.05) is 403 Å².